The van der Waals surface area contributed by atoms with Crippen LogP contribution in [-0.4, -0.2) is 18.0 Å². The summed E-state index contributed by atoms with van der Waals surface area (Å²) in [6.07, 6.45) is 0. The highest BCUT2D eigenvalue weighted by molar-refractivity contribution is 6.11. The molecule has 0 saturated heterocycles. The summed E-state index contributed by atoms with van der Waals surface area (Å²) in [5.74, 6) is -0.145. The van der Waals surface area contributed by atoms with Gasteiger partial charge in [0.15, 0.2) is 0 Å². The standard InChI is InChI=1S/C12H11NO3/c1-8(14)11(7-13)12(15)9-3-5-10(16-2)6-4-9/h3-6,14H,1-2H3. The molecule has 82 valence electrons. The molecule has 0 spiro atoms. The molecule has 1 aromatic rings. The Morgan fingerprint density at radius 2 is 1.94 bits per heavy atom. The molecule has 16 heavy (non-hydrogen) atoms. The van der Waals surface area contributed by atoms with Crippen molar-refractivity contribution < 1.29 is 14.6 Å². The van der Waals surface area contributed by atoms with E-state index in [1.165, 1.54) is 14.0 Å². The molecule has 0 saturated carbocycles. The van der Waals surface area contributed by atoms with Crippen LogP contribution in [0.4, 0.5) is 0 Å². The smallest absolute Gasteiger partial charge is 0.206 e. The zero-order valence-electron chi connectivity index (χ0n) is 9.02. The lowest BCUT2D eigenvalue weighted by Crippen LogP contribution is -2.04. The van der Waals surface area contributed by atoms with Crippen molar-refractivity contribution in [3.8, 4) is 11.8 Å². The van der Waals surface area contributed by atoms with Gasteiger partial charge in [-0.3, -0.25) is 4.79 Å². The normalized spacial score (nSPS) is 11.3. The summed E-state index contributed by atoms with van der Waals surface area (Å²) < 4.78 is 4.95. The average molecular weight is 217 g/mol. The second-order valence-electron chi connectivity index (χ2n) is 3.13. The molecule has 0 unspecified atom stereocenters. The molecule has 0 aliphatic carbocycles. The molecule has 0 heterocycles. The summed E-state index contributed by atoms with van der Waals surface area (Å²) >= 11 is 0. The summed E-state index contributed by atoms with van der Waals surface area (Å²) in [6.45, 7) is 1.31. The topological polar surface area (TPSA) is 70.3 Å². The van der Waals surface area contributed by atoms with Gasteiger partial charge in [0, 0.05) is 5.56 Å². The Labute approximate surface area is 93.4 Å². The van der Waals surface area contributed by atoms with Gasteiger partial charge in [0.25, 0.3) is 0 Å². The number of aliphatic hydroxyl groups is 1. The Hall–Kier alpha value is -2.28. The van der Waals surface area contributed by atoms with Crippen LogP contribution in [0.25, 0.3) is 0 Å². The van der Waals surface area contributed by atoms with Gasteiger partial charge in [0.2, 0.25) is 5.78 Å². The van der Waals surface area contributed by atoms with E-state index in [4.69, 9.17) is 15.1 Å². The van der Waals surface area contributed by atoms with Crippen molar-refractivity contribution in [1.29, 1.82) is 5.26 Å². The van der Waals surface area contributed by atoms with Crippen molar-refractivity contribution in [3.63, 3.8) is 0 Å². The lowest BCUT2D eigenvalue weighted by atomic mass is 10.0. The maximum atomic E-state index is 11.7. The minimum absolute atomic E-state index is 0.245. The van der Waals surface area contributed by atoms with E-state index in [-0.39, 0.29) is 11.3 Å². The van der Waals surface area contributed by atoms with E-state index in [0.717, 1.165) is 0 Å². The Morgan fingerprint density at radius 3 is 2.31 bits per heavy atom. The molecule has 1 N–H and O–H groups in total. The minimum Gasteiger partial charge on any atom is -0.511 e. The fraction of sp³-hybridized carbons (Fsp3) is 0.167. The Kier molecular flexibility index (Phi) is 3.67. The molecule has 4 nitrogen and oxygen atoms in total. The van der Waals surface area contributed by atoms with Gasteiger partial charge in [-0.25, -0.2) is 0 Å². The molecular weight excluding hydrogens is 206 g/mol. The number of methoxy groups -OCH3 is 1. The molecule has 0 atom stereocenters. The fourth-order valence-corrected chi connectivity index (χ4v) is 1.18. The van der Waals surface area contributed by atoms with E-state index < -0.39 is 5.78 Å². The maximum Gasteiger partial charge on any atom is 0.206 e. The molecule has 0 aromatic heterocycles. The highest BCUT2D eigenvalue weighted by atomic mass is 16.5. The van der Waals surface area contributed by atoms with Gasteiger partial charge < -0.3 is 9.84 Å². The SMILES string of the molecule is COc1ccc(C(=O)C(C#N)=C(C)O)cc1. The number of nitrogens with zero attached hydrogens (tertiary/aromatic N) is 1. The number of aliphatic hydroxyl groups excluding tert-OH is 1. The van der Waals surface area contributed by atoms with Gasteiger partial charge in [0.05, 0.1) is 7.11 Å². The third-order valence-corrected chi connectivity index (χ3v) is 2.05. The fourth-order valence-electron chi connectivity index (χ4n) is 1.18. The second-order valence-corrected chi connectivity index (χ2v) is 3.13. The number of hydrogen-bond acceptors (Lipinski definition) is 4. The van der Waals surface area contributed by atoms with Crippen molar-refractivity contribution in [2.45, 2.75) is 6.92 Å². The van der Waals surface area contributed by atoms with Crippen LogP contribution in [0.1, 0.15) is 17.3 Å². The first-order chi connectivity index (χ1) is 7.60. The largest absolute Gasteiger partial charge is 0.511 e. The van der Waals surface area contributed by atoms with Crippen LogP contribution in [-0.2, 0) is 0 Å². The molecule has 1 rings (SSSR count). The lowest BCUT2D eigenvalue weighted by molar-refractivity contribution is 0.103. The molecule has 0 bridgehead atoms. The van der Waals surface area contributed by atoms with Crippen molar-refractivity contribution >= 4 is 5.78 Å². The van der Waals surface area contributed by atoms with E-state index in [9.17, 15) is 4.79 Å². The van der Waals surface area contributed by atoms with Gasteiger partial charge in [-0.15, -0.1) is 0 Å². The summed E-state index contributed by atoms with van der Waals surface area (Å²) in [4.78, 5) is 11.7. The van der Waals surface area contributed by atoms with Crippen LogP contribution < -0.4 is 4.74 Å². The summed E-state index contributed by atoms with van der Waals surface area (Å²) in [7, 11) is 1.52. The minimum atomic E-state index is -0.495. The van der Waals surface area contributed by atoms with Crippen molar-refractivity contribution in [2.75, 3.05) is 7.11 Å². The predicted octanol–water partition coefficient (Wildman–Crippen LogP) is 2.23. The van der Waals surface area contributed by atoms with Gasteiger partial charge in [-0.2, -0.15) is 5.26 Å². The van der Waals surface area contributed by atoms with Crippen LogP contribution in [0.15, 0.2) is 35.6 Å². The Balaban J connectivity index is 3.07. The third-order valence-electron chi connectivity index (χ3n) is 2.05. The molecule has 0 amide bonds. The van der Waals surface area contributed by atoms with E-state index in [2.05, 4.69) is 0 Å². The van der Waals surface area contributed by atoms with Gasteiger partial charge in [0.1, 0.15) is 23.2 Å². The number of ketones is 1. The number of ether oxygens (including phenoxy) is 1. The van der Waals surface area contributed by atoms with E-state index in [0.29, 0.717) is 11.3 Å². The van der Waals surface area contributed by atoms with Crippen LogP contribution in [0.2, 0.25) is 0 Å². The molecule has 0 aliphatic rings. The molecule has 0 radical (unpaired) electrons. The van der Waals surface area contributed by atoms with Crippen molar-refractivity contribution in [3.05, 3.63) is 41.2 Å². The van der Waals surface area contributed by atoms with Crippen LogP contribution in [0, 0.1) is 11.3 Å². The highest BCUT2D eigenvalue weighted by Crippen LogP contribution is 2.15. The number of rotatable bonds is 3. The first-order valence-electron chi connectivity index (χ1n) is 4.59. The zero-order valence-corrected chi connectivity index (χ0v) is 9.02. The average Bonchev–Trinajstić information content (AvgIpc) is 2.29. The highest BCUT2D eigenvalue weighted by Gasteiger charge is 2.14. The van der Waals surface area contributed by atoms with Crippen LogP contribution in [0.3, 0.4) is 0 Å². The second kappa shape index (κ2) is 4.99. The molecular formula is C12H11NO3. The first kappa shape index (κ1) is 11.8. The Bertz CT molecular complexity index is 462. The van der Waals surface area contributed by atoms with E-state index >= 15 is 0 Å². The van der Waals surface area contributed by atoms with Gasteiger partial charge in [-0.1, -0.05) is 0 Å². The predicted molar refractivity (Wildman–Crippen MR) is 58.3 cm³/mol. The van der Waals surface area contributed by atoms with E-state index in [1.807, 2.05) is 0 Å². The number of benzene rings is 1. The molecule has 4 heteroatoms. The maximum absolute atomic E-state index is 11.7. The van der Waals surface area contributed by atoms with Gasteiger partial charge in [-0.05, 0) is 31.2 Å². The molecule has 1 aromatic carbocycles. The Morgan fingerprint density at radius 1 is 1.38 bits per heavy atom. The zero-order chi connectivity index (χ0) is 12.1. The number of carbonyl (C=O) groups excluding carboxylic acids is 1. The third kappa shape index (κ3) is 2.39. The summed E-state index contributed by atoms with van der Waals surface area (Å²) in [5.41, 5.74) is 0.0934. The van der Waals surface area contributed by atoms with E-state index in [1.54, 1.807) is 30.3 Å². The number of hydrogen-bond donors (Lipinski definition) is 1. The molecule has 0 aliphatic heterocycles. The number of carbonyl (C=O) groups is 1. The summed E-state index contributed by atoms with van der Waals surface area (Å²) in [5, 5.41) is 17.9. The quantitative estimate of drug-likeness (QED) is 0.365. The number of Topliss-reactive ketones (excluding diaryl/α,β-unsaturated/α-hetero) is 1. The number of nitriles is 1. The summed E-state index contributed by atoms with van der Waals surface area (Å²) in [6, 6.07) is 8.00. The van der Waals surface area contributed by atoms with Crippen molar-refractivity contribution in [1.82, 2.24) is 0 Å². The van der Waals surface area contributed by atoms with Gasteiger partial charge >= 0.3 is 0 Å². The number of allylic oxidation sites excluding steroid dienone is 2. The lowest BCUT2D eigenvalue weighted by Gasteiger charge is -2.02. The van der Waals surface area contributed by atoms with Crippen LogP contribution >= 0.6 is 0 Å². The molecule has 0 fully saturated rings. The van der Waals surface area contributed by atoms with Crippen molar-refractivity contribution in [2.24, 2.45) is 0 Å². The first-order valence-corrected chi connectivity index (χ1v) is 4.59. The monoisotopic (exact) mass is 217 g/mol. The van der Waals surface area contributed by atoms with Crippen LogP contribution in [0.5, 0.6) is 5.75 Å².